The maximum absolute atomic E-state index is 10.3. The van der Waals surface area contributed by atoms with Crippen LogP contribution in [0.15, 0.2) is 30.3 Å². The third kappa shape index (κ3) is 7.14. The Hall–Kier alpha value is 1.03. The minimum absolute atomic E-state index is 0. The summed E-state index contributed by atoms with van der Waals surface area (Å²) in [5, 5.41) is 10.3. The first kappa shape index (κ1) is 13.6. The van der Waals surface area contributed by atoms with Gasteiger partial charge in [-0.3, -0.25) is 0 Å². The fourth-order valence-corrected chi connectivity index (χ4v) is 0.420. The maximum Gasteiger partial charge on any atom is 1.00 e. The van der Waals surface area contributed by atoms with Gasteiger partial charge >= 0.3 is 68.9 Å². The summed E-state index contributed by atoms with van der Waals surface area (Å²) in [6.45, 7) is 0. The average Bonchev–Trinajstić information content (AvgIpc) is 1.94. The predicted molar refractivity (Wildman–Crippen MR) is 36.0 cm³/mol. The van der Waals surface area contributed by atoms with Gasteiger partial charge < -0.3 is 10.8 Å². The molecule has 10 heavy (non-hydrogen) atoms. The SMILES string of the molecule is CN.[Cs+].[O-]c1ccccc1. The Balaban J connectivity index is 0. The maximum atomic E-state index is 10.3. The van der Waals surface area contributed by atoms with Crippen molar-refractivity contribution in [1.29, 1.82) is 0 Å². The van der Waals surface area contributed by atoms with Crippen molar-refractivity contribution in [3.8, 4) is 5.75 Å². The van der Waals surface area contributed by atoms with E-state index in [1.54, 1.807) is 12.1 Å². The molecule has 0 saturated heterocycles. The standard InChI is InChI=1S/C6H6O.CH5N.Cs/c7-6-4-2-1-3-5-6;1-2;/h1-5,7H;2H2,1H3;/q;;+1/p-1. The molecule has 0 aliphatic heterocycles. The molecule has 0 radical (unpaired) electrons. The van der Waals surface area contributed by atoms with Crippen molar-refractivity contribution in [1.82, 2.24) is 0 Å². The summed E-state index contributed by atoms with van der Waals surface area (Å²) in [6.07, 6.45) is 0. The van der Waals surface area contributed by atoms with Gasteiger partial charge in [-0.05, 0) is 7.05 Å². The molecular formula is C7H10CsNO. The van der Waals surface area contributed by atoms with E-state index in [-0.39, 0.29) is 74.6 Å². The number of rotatable bonds is 0. The monoisotopic (exact) mass is 257 g/mol. The summed E-state index contributed by atoms with van der Waals surface area (Å²) in [5.41, 5.74) is 4.50. The molecule has 0 saturated carbocycles. The molecule has 3 heteroatoms. The summed E-state index contributed by atoms with van der Waals surface area (Å²) in [7, 11) is 1.50. The zero-order chi connectivity index (χ0) is 7.11. The van der Waals surface area contributed by atoms with Crippen molar-refractivity contribution in [2.24, 2.45) is 5.73 Å². The normalized spacial score (nSPS) is 6.60. The molecule has 1 aromatic carbocycles. The van der Waals surface area contributed by atoms with E-state index in [0.29, 0.717) is 0 Å². The zero-order valence-corrected chi connectivity index (χ0v) is 12.7. The van der Waals surface area contributed by atoms with E-state index in [0.717, 1.165) is 0 Å². The van der Waals surface area contributed by atoms with Gasteiger partial charge in [-0.15, -0.1) is 5.75 Å². The van der Waals surface area contributed by atoms with Crippen LogP contribution in [0.1, 0.15) is 0 Å². The number of para-hydroxylation sites is 1. The van der Waals surface area contributed by atoms with Crippen LogP contribution in [0.25, 0.3) is 0 Å². The van der Waals surface area contributed by atoms with Crippen LogP contribution < -0.4 is 79.7 Å². The minimum atomic E-state index is 0. The van der Waals surface area contributed by atoms with Crippen molar-refractivity contribution >= 4 is 0 Å². The molecule has 0 heterocycles. The molecule has 0 aliphatic carbocycles. The van der Waals surface area contributed by atoms with Gasteiger partial charge in [0.15, 0.2) is 0 Å². The number of hydrogen-bond acceptors (Lipinski definition) is 2. The second kappa shape index (κ2) is 10.0. The Kier molecular flexibility index (Phi) is 13.7. The summed E-state index contributed by atoms with van der Waals surface area (Å²) in [5.74, 6) is 0.0718. The van der Waals surface area contributed by atoms with Crippen LogP contribution >= 0.6 is 0 Å². The average molecular weight is 257 g/mol. The second-order valence-electron chi connectivity index (χ2n) is 1.31. The Morgan fingerprint density at radius 1 is 1.10 bits per heavy atom. The van der Waals surface area contributed by atoms with Gasteiger partial charge in [-0.2, -0.15) is 0 Å². The van der Waals surface area contributed by atoms with Gasteiger partial charge in [0.2, 0.25) is 0 Å². The van der Waals surface area contributed by atoms with Crippen LogP contribution in [0.2, 0.25) is 0 Å². The minimum Gasteiger partial charge on any atom is -0.872 e. The van der Waals surface area contributed by atoms with Gasteiger partial charge in [0.1, 0.15) is 0 Å². The van der Waals surface area contributed by atoms with Crippen molar-refractivity contribution in [2.45, 2.75) is 0 Å². The smallest absolute Gasteiger partial charge is 0.872 e. The van der Waals surface area contributed by atoms with E-state index in [9.17, 15) is 5.11 Å². The molecule has 0 unspecified atom stereocenters. The Morgan fingerprint density at radius 2 is 1.50 bits per heavy atom. The molecule has 2 nitrogen and oxygen atoms in total. The Bertz CT molecular complexity index is 144. The van der Waals surface area contributed by atoms with Crippen LogP contribution in [-0.4, -0.2) is 7.05 Å². The van der Waals surface area contributed by atoms with E-state index < -0.39 is 0 Å². The Morgan fingerprint density at radius 3 is 1.70 bits per heavy atom. The summed E-state index contributed by atoms with van der Waals surface area (Å²) < 4.78 is 0. The molecule has 0 amide bonds. The van der Waals surface area contributed by atoms with E-state index in [4.69, 9.17) is 0 Å². The second-order valence-corrected chi connectivity index (χ2v) is 1.31. The number of benzene rings is 1. The third-order valence-electron chi connectivity index (χ3n) is 0.743. The summed E-state index contributed by atoms with van der Waals surface area (Å²) >= 11 is 0. The van der Waals surface area contributed by atoms with Crippen molar-refractivity contribution < 1.29 is 74.0 Å². The van der Waals surface area contributed by atoms with Crippen molar-refractivity contribution in [3.63, 3.8) is 0 Å². The first-order valence-electron chi connectivity index (χ1n) is 2.69. The van der Waals surface area contributed by atoms with Crippen LogP contribution in [0.4, 0.5) is 0 Å². The molecule has 0 aromatic heterocycles. The van der Waals surface area contributed by atoms with Crippen LogP contribution in [0.3, 0.4) is 0 Å². The largest absolute Gasteiger partial charge is 1.00 e. The first-order valence-corrected chi connectivity index (χ1v) is 2.69. The topological polar surface area (TPSA) is 49.1 Å². The molecule has 2 N–H and O–H groups in total. The van der Waals surface area contributed by atoms with Crippen molar-refractivity contribution in [3.05, 3.63) is 30.3 Å². The van der Waals surface area contributed by atoms with Crippen LogP contribution in [-0.2, 0) is 0 Å². The fraction of sp³-hybridized carbons (Fsp3) is 0.143. The number of nitrogens with two attached hydrogens (primary N) is 1. The van der Waals surface area contributed by atoms with Crippen molar-refractivity contribution in [2.75, 3.05) is 7.05 Å². The molecule has 0 atom stereocenters. The summed E-state index contributed by atoms with van der Waals surface area (Å²) in [6, 6.07) is 8.33. The zero-order valence-electron chi connectivity index (χ0n) is 6.37. The molecule has 0 fully saturated rings. The quantitative estimate of drug-likeness (QED) is 0.551. The third-order valence-corrected chi connectivity index (χ3v) is 0.743. The van der Waals surface area contributed by atoms with E-state index in [2.05, 4.69) is 5.73 Å². The van der Waals surface area contributed by atoms with Crippen LogP contribution in [0, 0.1) is 0 Å². The van der Waals surface area contributed by atoms with Gasteiger partial charge in [0.05, 0.1) is 0 Å². The Labute approximate surface area is 120 Å². The van der Waals surface area contributed by atoms with E-state index in [1.807, 2.05) is 6.07 Å². The number of hydrogen-bond donors (Lipinski definition) is 1. The predicted octanol–water partition coefficient (Wildman–Crippen LogP) is -2.66. The molecule has 50 valence electrons. The fourth-order valence-electron chi connectivity index (χ4n) is 0.420. The molecule has 0 spiro atoms. The van der Waals surface area contributed by atoms with Gasteiger partial charge in [-0.1, -0.05) is 30.3 Å². The van der Waals surface area contributed by atoms with E-state index in [1.165, 1.54) is 19.2 Å². The van der Waals surface area contributed by atoms with Gasteiger partial charge in [-0.25, -0.2) is 0 Å². The molecule has 1 rings (SSSR count). The molecular weight excluding hydrogens is 247 g/mol. The van der Waals surface area contributed by atoms with Crippen LogP contribution in [0.5, 0.6) is 5.75 Å². The molecule has 1 aromatic rings. The van der Waals surface area contributed by atoms with E-state index >= 15 is 0 Å². The first-order chi connectivity index (χ1) is 4.39. The van der Waals surface area contributed by atoms with Gasteiger partial charge in [0, 0.05) is 0 Å². The summed E-state index contributed by atoms with van der Waals surface area (Å²) in [4.78, 5) is 0. The van der Waals surface area contributed by atoms with Gasteiger partial charge in [0.25, 0.3) is 0 Å². The molecule has 0 bridgehead atoms. The molecule has 0 aliphatic rings.